The Kier molecular flexibility index (Phi) is 9.31. The van der Waals surface area contributed by atoms with E-state index >= 15 is 0 Å². The van der Waals surface area contributed by atoms with E-state index in [2.05, 4.69) is 16.9 Å². The fourth-order valence-electron chi connectivity index (χ4n) is 6.86. The second-order valence-electron chi connectivity index (χ2n) is 12.7. The molecule has 0 aliphatic carbocycles. The van der Waals surface area contributed by atoms with Crippen molar-refractivity contribution in [1.29, 1.82) is 0 Å². The number of nitrogens with zero attached hydrogens (tertiary/aromatic N) is 2. The van der Waals surface area contributed by atoms with Crippen molar-refractivity contribution in [3.05, 3.63) is 166 Å². The number of carbonyl (C=O) groups is 1. The number of carbonyl (C=O) groups excluding carboxylic acids is 1. The van der Waals surface area contributed by atoms with Crippen LogP contribution in [0.1, 0.15) is 45.3 Å². The Balaban J connectivity index is 1.24. The molecular weight excluding hydrogens is 646 g/mol. The molecule has 7 rings (SSSR count). The number of hydrogen-bond donors (Lipinski definition) is 1. The van der Waals surface area contributed by atoms with Crippen molar-refractivity contribution < 1.29 is 28.5 Å². The first-order chi connectivity index (χ1) is 24.8. The van der Waals surface area contributed by atoms with Gasteiger partial charge in [0.2, 0.25) is 0 Å². The van der Waals surface area contributed by atoms with Crippen LogP contribution < -0.4 is 20.5 Å². The summed E-state index contributed by atoms with van der Waals surface area (Å²) in [4.78, 5) is 30.6. The molecule has 1 amide bonds. The molecule has 3 atom stereocenters. The van der Waals surface area contributed by atoms with Crippen LogP contribution in [0.3, 0.4) is 0 Å². The summed E-state index contributed by atoms with van der Waals surface area (Å²) in [6, 6.07) is 34.4. The molecule has 260 valence electrons. The lowest BCUT2D eigenvalue weighted by atomic mass is 9.79. The van der Waals surface area contributed by atoms with Crippen LogP contribution in [0.5, 0.6) is 11.5 Å². The monoisotopic (exact) mass is 685 g/mol. The highest BCUT2D eigenvalue weighted by Crippen LogP contribution is 2.49. The van der Waals surface area contributed by atoms with Crippen LogP contribution in [0.2, 0.25) is 0 Å². The number of aromatic nitrogens is 2. The molecule has 2 fully saturated rings. The van der Waals surface area contributed by atoms with Crippen LogP contribution >= 0.6 is 0 Å². The quantitative estimate of drug-likeness (QED) is 0.125. The second kappa shape index (κ2) is 14.0. The van der Waals surface area contributed by atoms with Gasteiger partial charge in [-0.1, -0.05) is 79.4 Å². The van der Waals surface area contributed by atoms with Gasteiger partial charge in [0.15, 0.2) is 6.23 Å². The van der Waals surface area contributed by atoms with Gasteiger partial charge >= 0.3 is 5.69 Å². The maximum absolute atomic E-state index is 13.5. The molecular formula is C41H39N3O7. The van der Waals surface area contributed by atoms with E-state index in [1.54, 1.807) is 51.6 Å². The first kappa shape index (κ1) is 33.9. The van der Waals surface area contributed by atoms with Gasteiger partial charge in [-0.05, 0) is 65.6 Å². The van der Waals surface area contributed by atoms with Crippen molar-refractivity contribution in [1.82, 2.24) is 9.55 Å². The minimum atomic E-state index is -1.09. The topological polar surface area (TPSA) is 110 Å². The third-order valence-electron chi connectivity index (χ3n) is 9.68. The number of nitrogens with one attached hydrogen (secondary N) is 1. The molecule has 51 heavy (non-hydrogen) atoms. The van der Waals surface area contributed by atoms with Gasteiger partial charge in [0.1, 0.15) is 34.6 Å². The van der Waals surface area contributed by atoms with Gasteiger partial charge in [0.25, 0.3) is 5.91 Å². The maximum atomic E-state index is 13.5. The van der Waals surface area contributed by atoms with Gasteiger partial charge < -0.3 is 29.0 Å². The van der Waals surface area contributed by atoms with Crippen molar-refractivity contribution in [2.24, 2.45) is 0 Å². The van der Waals surface area contributed by atoms with E-state index < -0.39 is 29.2 Å². The van der Waals surface area contributed by atoms with E-state index in [4.69, 9.17) is 23.7 Å². The van der Waals surface area contributed by atoms with Gasteiger partial charge in [-0.2, -0.15) is 4.98 Å². The van der Waals surface area contributed by atoms with E-state index in [0.29, 0.717) is 23.1 Å². The molecule has 2 aliphatic rings. The molecule has 10 nitrogen and oxygen atoms in total. The zero-order valence-electron chi connectivity index (χ0n) is 28.7. The number of benzene rings is 4. The molecule has 0 saturated carbocycles. The van der Waals surface area contributed by atoms with Crippen molar-refractivity contribution in [2.75, 3.05) is 32.8 Å². The van der Waals surface area contributed by atoms with Crippen molar-refractivity contribution in [2.45, 2.75) is 36.9 Å². The number of anilines is 1. The smallest absolute Gasteiger partial charge is 0.351 e. The highest BCUT2D eigenvalue weighted by molar-refractivity contribution is 6.04. The van der Waals surface area contributed by atoms with Gasteiger partial charge in [-0.25, -0.2) is 4.79 Å². The SMILES string of the molecule is C=C1CO[C@@H]2C[C@@]1(COC(c1ccccc1)(c1ccc(OC)cc1)c1ccc(OC)cc1)O[C@H]2n1cc(C)c(NC(=O)c2ccccc2)nc1=O. The summed E-state index contributed by atoms with van der Waals surface area (Å²) in [6.07, 6.45) is 0.768. The molecule has 2 bridgehead atoms. The first-order valence-electron chi connectivity index (χ1n) is 16.7. The molecule has 1 aromatic heterocycles. The Bertz CT molecular complexity index is 2040. The summed E-state index contributed by atoms with van der Waals surface area (Å²) < 4.78 is 32.7. The number of methoxy groups -OCH3 is 2. The van der Waals surface area contributed by atoms with E-state index in [0.717, 1.165) is 28.2 Å². The molecule has 10 heteroatoms. The van der Waals surface area contributed by atoms with Crippen molar-refractivity contribution in [3.63, 3.8) is 0 Å². The van der Waals surface area contributed by atoms with Crippen LogP contribution in [0.4, 0.5) is 5.82 Å². The van der Waals surface area contributed by atoms with Crippen LogP contribution in [-0.2, 0) is 19.8 Å². The fraction of sp³-hybridized carbons (Fsp3) is 0.244. The van der Waals surface area contributed by atoms with E-state index in [-0.39, 0.29) is 24.9 Å². The Labute approximate surface area is 296 Å². The van der Waals surface area contributed by atoms with Gasteiger partial charge in [-0.15, -0.1) is 0 Å². The molecule has 1 N–H and O–H groups in total. The number of fused-ring (bicyclic) bond motifs is 2. The second-order valence-corrected chi connectivity index (χ2v) is 12.7. The summed E-state index contributed by atoms with van der Waals surface area (Å²) in [5, 5.41) is 2.76. The Hall–Kier alpha value is -5.55. The Morgan fingerprint density at radius 2 is 1.47 bits per heavy atom. The van der Waals surface area contributed by atoms with E-state index in [9.17, 15) is 9.59 Å². The largest absolute Gasteiger partial charge is 0.497 e. The Morgan fingerprint density at radius 1 is 0.902 bits per heavy atom. The molecule has 3 heterocycles. The van der Waals surface area contributed by atoms with Gasteiger partial charge in [0.05, 0.1) is 27.4 Å². The third-order valence-corrected chi connectivity index (χ3v) is 9.68. The van der Waals surface area contributed by atoms with Gasteiger partial charge in [-0.3, -0.25) is 9.36 Å². The zero-order chi connectivity index (χ0) is 35.6. The van der Waals surface area contributed by atoms with Crippen LogP contribution in [-0.4, -0.2) is 54.6 Å². The molecule has 4 aromatic carbocycles. The van der Waals surface area contributed by atoms with Crippen LogP contribution in [0.15, 0.2) is 132 Å². The van der Waals surface area contributed by atoms with Crippen molar-refractivity contribution >= 4 is 11.7 Å². The van der Waals surface area contributed by atoms with Crippen molar-refractivity contribution in [3.8, 4) is 11.5 Å². The highest BCUT2D eigenvalue weighted by atomic mass is 16.6. The number of hydrogen-bond acceptors (Lipinski definition) is 8. The normalized spacial score (nSPS) is 19.8. The molecule has 2 aliphatic heterocycles. The number of ether oxygens (including phenoxy) is 5. The number of aryl methyl sites for hydroxylation is 1. The summed E-state index contributed by atoms with van der Waals surface area (Å²) in [6.45, 7) is 6.47. The summed E-state index contributed by atoms with van der Waals surface area (Å²) in [5.74, 6) is 1.26. The van der Waals surface area contributed by atoms with E-state index in [1.807, 2.05) is 84.9 Å². The maximum Gasteiger partial charge on any atom is 0.351 e. The first-order valence-corrected chi connectivity index (χ1v) is 16.7. The van der Waals surface area contributed by atoms with Crippen LogP contribution in [0, 0.1) is 6.92 Å². The summed E-state index contributed by atoms with van der Waals surface area (Å²) >= 11 is 0. The predicted molar refractivity (Wildman–Crippen MR) is 192 cm³/mol. The number of rotatable bonds is 11. The molecule has 0 radical (unpaired) electrons. The lowest BCUT2D eigenvalue weighted by Gasteiger charge is -2.41. The minimum Gasteiger partial charge on any atom is -0.497 e. The van der Waals surface area contributed by atoms with Crippen LogP contribution in [0.25, 0.3) is 0 Å². The lowest BCUT2D eigenvalue weighted by Crippen LogP contribution is -2.45. The summed E-state index contributed by atoms with van der Waals surface area (Å²) in [7, 11) is 3.27. The van der Waals surface area contributed by atoms with Gasteiger partial charge in [0, 0.05) is 23.7 Å². The molecule has 0 spiro atoms. The Morgan fingerprint density at radius 3 is 2.06 bits per heavy atom. The highest BCUT2D eigenvalue weighted by Gasteiger charge is 2.55. The standard InChI is InChI=1S/C41H39N3O7/c1-27-24-44(39(46)43-36(27)42-37(45)29-11-7-5-8-12-29)38-35-23-40(51-38,28(2)25-49-35)26-50-41(30-13-9-6-10-14-30,31-15-19-33(47-3)20-16-31)32-17-21-34(48-4)22-18-32/h5-22,24,35,38H,2,23,25-26H2,1,3-4H3,(H,42,43,45,46)/t35-,38-,40+/m1/s1. The number of amides is 1. The minimum absolute atomic E-state index is 0.0987. The zero-order valence-corrected chi connectivity index (χ0v) is 28.7. The third kappa shape index (κ3) is 6.33. The lowest BCUT2D eigenvalue weighted by molar-refractivity contribution is -0.118. The summed E-state index contributed by atoms with van der Waals surface area (Å²) in [5.41, 5.74) is 1.77. The molecule has 2 saturated heterocycles. The molecule has 5 aromatic rings. The average molecular weight is 686 g/mol. The fourth-order valence-corrected chi connectivity index (χ4v) is 6.86. The predicted octanol–water partition coefficient (Wildman–Crippen LogP) is 6.44. The van der Waals surface area contributed by atoms with E-state index in [1.165, 1.54) is 4.57 Å². The molecule has 0 unspecified atom stereocenters. The average Bonchev–Trinajstić information content (AvgIpc) is 3.49.